The zero-order valence-electron chi connectivity index (χ0n) is 15.6. The van der Waals surface area contributed by atoms with Gasteiger partial charge < -0.3 is 15.1 Å². The quantitative estimate of drug-likeness (QED) is 0.815. The first kappa shape index (κ1) is 17.5. The van der Waals surface area contributed by atoms with Crippen molar-refractivity contribution in [3.8, 4) is 0 Å². The third-order valence-electron chi connectivity index (χ3n) is 5.78. The van der Waals surface area contributed by atoms with E-state index >= 15 is 0 Å². The zero-order valence-corrected chi connectivity index (χ0v) is 15.6. The number of hydrogen-bond donors (Lipinski definition) is 1. The molecule has 142 valence electrons. The Labute approximate surface area is 154 Å². The van der Waals surface area contributed by atoms with Gasteiger partial charge in [0.1, 0.15) is 0 Å². The number of hydrogen-bond acceptors (Lipinski definition) is 4. The van der Waals surface area contributed by atoms with E-state index in [1.807, 2.05) is 9.58 Å². The van der Waals surface area contributed by atoms with E-state index in [-0.39, 0.29) is 11.8 Å². The van der Waals surface area contributed by atoms with Crippen LogP contribution in [0.3, 0.4) is 0 Å². The van der Waals surface area contributed by atoms with Crippen LogP contribution in [0.25, 0.3) is 0 Å². The van der Waals surface area contributed by atoms with Crippen LogP contribution >= 0.6 is 0 Å². The summed E-state index contributed by atoms with van der Waals surface area (Å²) in [5.41, 5.74) is 2.05. The van der Waals surface area contributed by atoms with Crippen LogP contribution in [0.5, 0.6) is 0 Å². The van der Waals surface area contributed by atoms with Gasteiger partial charge in [0.05, 0.1) is 30.4 Å². The van der Waals surface area contributed by atoms with Crippen molar-refractivity contribution in [1.29, 1.82) is 0 Å². The molecule has 1 N–H and O–H groups in total. The summed E-state index contributed by atoms with van der Waals surface area (Å²) in [5.74, 6) is 0.561. The van der Waals surface area contributed by atoms with E-state index in [1.54, 1.807) is 0 Å². The molecule has 1 saturated heterocycles. The number of aromatic nitrogens is 2. The number of carbonyl (C=O) groups is 2. The van der Waals surface area contributed by atoms with Crippen LogP contribution in [-0.4, -0.2) is 63.6 Å². The van der Waals surface area contributed by atoms with Crippen molar-refractivity contribution >= 4 is 11.8 Å². The molecular weight excluding hydrogens is 330 g/mol. The maximum Gasteiger partial charge on any atom is 0.227 e. The van der Waals surface area contributed by atoms with Gasteiger partial charge in [-0.25, -0.2) is 0 Å². The highest BCUT2D eigenvalue weighted by atomic mass is 16.2. The molecule has 0 spiro atoms. The number of fused-ring (bicyclic) bond motifs is 1. The van der Waals surface area contributed by atoms with Gasteiger partial charge in [-0.1, -0.05) is 6.92 Å². The topological polar surface area (TPSA) is 70.5 Å². The molecular formula is C19H29N5O2. The number of carbonyl (C=O) groups excluding carboxylic acids is 2. The molecule has 2 aliphatic heterocycles. The molecule has 0 radical (unpaired) electrons. The van der Waals surface area contributed by atoms with E-state index in [9.17, 15) is 9.59 Å². The third kappa shape index (κ3) is 3.92. The number of likely N-dealkylation sites (tertiary alicyclic amines) is 1. The first-order chi connectivity index (χ1) is 12.6. The summed E-state index contributed by atoms with van der Waals surface area (Å²) in [5, 5.41) is 7.64. The van der Waals surface area contributed by atoms with E-state index in [2.05, 4.69) is 28.3 Å². The molecule has 3 aliphatic rings. The van der Waals surface area contributed by atoms with Crippen molar-refractivity contribution in [1.82, 2.24) is 24.9 Å². The molecule has 4 rings (SSSR count). The summed E-state index contributed by atoms with van der Waals surface area (Å²) in [6, 6.07) is 2.48. The standard InChI is InChI=1S/C19H29N5O2/c1-2-22-8-7-14(12-22)19(26)23-9-10-24-17(13-23)11-16(21-24)5-6-18(25)20-15-3-4-15/h11,14-15H,2-10,12-13H2,1H3,(H,20,25). The van der Waals surface area contributed by atoms with E-state index in [1.165, 1.54) is 0 Å². The van der Waals surface area contributed by atoms with Crippen molar-refractivity contribution in [3.05, 3.63) is 17.5 Å². The second-order valence-electron chi connectivity index (χ2n) is 7.83. The minimum atomic E-state index is 0.122. The van der Waals surface area contributed by atoms with E-state index in [0.29, 0.717) is 31.3 Å². The molecule has 26 heavy (non-hydrogen) atoms. The summed E-state index contributed by atoms with van der Waals surface area (Å²) in [6.07, 6.45) is 4.37. The average Bonchev–Trinajstić information content (AvgIpc) is 3.18. The predicted molar refractivity (Wildman–Crippen MR) is 97.4 cm³/mol. The molecule has 0 aromatic carbocycles. The van der Waals surface area contributed by atoms with E-state index in [4.69, 9.17) is 0 Å². The lowest BCUT2D eigenvalue weighted by Gasteiger charge is -2.29. The molecule has 1 aromatic rings. The smallest absolute Gasteiger partial charge is 0.227 e. The van der Waals surface area contributed by atoms with Gasteiger partial charge in [0.15, 0.2) is 0 Å². The fraction of sp³-hybridized carbons (Fsp3) is 0.737. The Hall–Kier alpha value is -1.89. The second-order valence-corrected chi connectivity index (χ2v) is 7.83. The summed E-state index contributed by atoms with van der Waals surface area (Å²) in [4.78, 5) is 29.0. The lowest BCUT2D eigenvalue weighted by Crippen LogP contribution is -2.42. The Morgan fingerprint density at radius 3 is 2.81 bits per heavy atom. The maximum absolute atomic E-state index is 12.8. The molecule has 2 amide bonds. The second kappa shape index (κ2) is 7.39. The minimum Gasteiger partial charge on any atom is -0.353 e. The largest absolute Gasteiger partial charge is 0.353 e. The molecule has 3 heterocycles. The van der Waals surface area contributed by atoms with Crippen molar-refractivity contribution in [3.63, 3.8) is 0 Å². The SMILES string of the molecule is CCN1CCC(C(=O)N2CCn3nc(CCC(=O)NC4CC4)cc3C2)C1. The lowest BCUT2D eigenvalue weighted by atomic mass is 10.1. The summed E-state index contributed by atoms with van der Waals surface area (Å²) in [7, 11) is 0. The van der Waals surface area contributed by atoms with Crippen molar-refractivity contribution < 1.29 is 9.59 Å². The first-order valence-corrected chi connectivity index (χ1v) is 9.98. The van der Waals surface area contributed by atoms with E-state index in [0.717, 1.165) is 63.4 Å². The Balaban J connectivity index is 1.31. The van der Waals surface area contributed by atoms with Gasteiger partial charge in [-0.15, -0.1) is 0 Å². The fourth-order valence-electron chi connectivity index (χ4n) is 3.98. The van der Waals surface area contributed by atoms with Gasteiger partial charge in [0.2, 0.25) is 11.8 Å². The van der Waals surface area contributed by atoms with Gasteiger partial charge in [0.25, 0.3) is 0 Å². The van der Waals surface area contributed by atoms with Crippen LogP contribution in [0, 0.1) is 5.92 Å². The van der Waals surface area contributed by atoms with Gasteiger partial charge in [-0.05, 0) is 38.4 Å². The van der Waals surface area contributed by atoms with Crippen LogP contribution in [0.15, 0.2) is 6.07 Å². The third-order valence-corrected chi connectivity index (χ3v) is 5.78. The lowest BCUT2D eigenvalue weighted by molar-refractivity contribution is -0.136. The Kier molecular flexibility index (Phi) is 4.98. The Morgan fingerprint density at radius 2 is 2.08 bits per heavy atom. The van der Waals surface area contributed by atoms with Crippen LogP contribution in [0.1, 0.15) is 44.0 Å². The minimum absolute atomic E-state index is 0.122. The Morgan fingerprint density at radius 1 is 1.23 bits per heavy atom. The predicted octanol–water partition coefficient (Wildman–Crippen LogP) is 0.778. The maximum atomic E-state index is 12.8. The zero-order chi connectivity index (χ0) is 18.1. The van der Waals surface area contributed by atoms with Crippen molar-refractivity contribution in [2.24, 2.45) is 5.92 Å². The number of nitrogens with one attached hydrogen (secondary N) is 1. The van der Waals surface area contributed by atoms with E-state index < -0.39 is 0 Å². The van der Waals surface area contributed by atoms with Crippen LogP contribution < -0.4 is 5.32 Å². The summed E-state index contributed by atoms with van der Waals surface area (Å²) < 4.78 is 2.00. The van der Waals surface area contributed by atoms with Gasteiger partial charge in [-0.3, -0.25) is 14.3 Å². The first-order valence-electron chi connectivity index (χ1n) is 9.98. The highest BCUT2D eigenvalue weighted by molar-refractivity contribution is 5.79. The van der Waals surface area contributed by atoms with Crippen molar-refractivity contribution in [2.45, 2.75) is 58.2 Å². The number of rotatable bonds is 6. The average molecular weight is 359 g/mol. The molecule has 7 heteroatoms. The molecule has 1 atom stereocenters. The summed E-state index contributed by atoms with van der Waals surface area (Å²) >= 11 is 0. The monoisotopic (exact) mass is 359 g/mol. The van der Waals surface area contributed by atoms with Crippen LogP contribution in [0.4, 0.5) is 0 Å². The molecule has 2 fully saturated rings. The molecule has 1 saturated carbocycles. The molecule has 1 aromatic heterocycles. The molecule has 1 aliphatic carbocycles. The van der Waals surface area contributed by atoms with Gasteiger partial charge in [0, 0.05) is 32.0 Å². The number of amides is 2. The highest BCUT2D eigenvalue weighted by Crippen LogP contribution is 2.22. The Bertz CT molecular complexity index is 681. The number of nitrogens with zero attached hydrogens (tertiary/aromatic N) is 4. The normalized spacial score (nSPS) is 23.1. The summed E-state index contributed by atoms with van der Waals surface area (Å²) in [6.45, 7) is 7.23. The van der Waals surface area contributed by atoms with Crippen LogP contribution in [0.2, 0.25) is 0 Å². The molecule has 1 unspecified atom stereocenters. The van der Waals surface area contributed by atoms with Gasteiger partial charge >= 0.3 is 0 Å². The number of aryl methyl sites for hydroxylation is 1. The van der Waals surface area contributed by atoms with Gasteiger partial charge in [-0.2, -0.15) is 5.10 Å². The van der Waals surface area contributed by atoms with Crippen LogP contribution in [-0.2, 0) is 29.1 Å². The fourth-order valence-corrected chi connectivity index (χ4v) is 3.98. The molecule has 7 nitrogen and oxygen atoms in total. The highest BCUT2D eigenvalue weighted by Gasteiger charge is 2.32. The molecule has 0 bridgehead atoms. The van der Waals surface area contributed by atoms with Crippen molar-refractivity contribution in [2.75, 3.05) is 26.2 Å².